The van der Waals surface area contributed by atoms with E-state index in [-0.39, 0.29) is 0 Å². The average Bonchev–Trinajstić information content (AvgIpc) is 3.13. The van der Waals surface area contributed by atoms with E-state index in [4.69, 9.17) is 4.74 Å². The number of aromatic nitrogens is 4. The van der Waals surface area contributed by atoms with Crippen LogP contribution in [0.4, 0.5) is 17.2 Å². The van der Waals surface area contributed by atoms with Gasteiger partial charge in [-0.1, -0.05) is 6.07 Å². The number of nitrogens with one attached hydrogen (secondary N) is 1. The maximum Gasteiger partial charge on any atom is 0.180 e. The maximum absolute atomic E-state index is 5.28. The van der Waals surface area contributed by atoms with Crippen molar-refractivity contribution in [2.24, 2.45) is 0 Å². The molecule has 0 amide bonds. The second-order valence-corrected chi connectivity index (χ2v) is 6.30. The molecule has 1 N–H and O–H groups in total. The number of benzene rings is 1. The van der Waals surface area contributed by atoms with E-state index in [0.29, 0.717) is 11.6 Å². The van der Waals surface area contributed by atoms with E-state index < -0.39 is 0 Å². The van der Waals surface area contributed by atoms with E-state index in [1.54, 1.807) is 25.7 Å². The van der Waals surface area contributed by atoms with Crippen molar-refractivity contribution in [3.8, 4) is 17.0 Å². The third-order valence-corrected chi connectivity index (χ3v) is 4.30. The maximum atomic E-state index is 5.28. The van der Waals surface area contributed by atoms with E-state index in [1.165, 1.54) is 0 Å². The van der Waals surface area contributed by atoms with Crippen molar-refractivity contribution < 1.29 is 4.74 Å². The molecule has 0 aliphatic rings. The van der Waals surface area contributed by atoms with Gasteiger partial charge >= 0.3 is 0 Å². The molecule has 7 nitrogen and oxygen atoms in total. The van der Waals surface area contributed by atoms with Gasteiger partial charge in [0.25, 0.3) is 0 Å². The van der Waals surface area contributed by atoms with Gasteiger partial charge in [-0.15, -0.1) is 0 Å². The molecule has 7 heteroatoms. The molecule has 136 valence electrons. The van der Waals surface area contributed by atoms with E-state index >= 15 is 0 Å². The summed E-state index contributed by atoms with van der Waals surface area (Å²) < 4.78 is 7.27. The van der Waals surface area contributed by atoms with Gasteiger partial charge in [0.05, 0.1) is 25.2 Å². The first-order chi connectivity index (χ1) is 13.2. The summed E-state index contributed by atoms with van der Waals surface area (Å²) >= 11 is 0. The highest BCUT2D eigenvalue weighted by atomic mass is 16.5. The summed E-state index contributed by atoms with van der Waals surface area (Å²) in [4.78, 5) is 15.3. The van der Waals surface area contributed by atoms with E-state index in [2.05, 4.69) is 37.3 Å². The molecule has 0 aliphatic heterocycles. The highest BCUT2D eigenvalue weighted by Crippen LogP contribution is 2.27. The third-order valence-electron chi connectivity index (χ3n) is 4.30. The van der Waals surface area contributed by atoms with E-state index in [9.17, 15) is 0 Å². The summed E-state index contributed by atoms with van der Waals surface area (Å²) in [7, 11) is 5.66. The molecule has 3 aromatic heterocycles. The average molecular weight is 360 g/mol. The fourth-order valence-electron chi connectivity index (χ4n) is 2.89. The molecule has 3 heterocycles. The highest BCUT2D eigenvalue weighted by molar-refractivity contribution is 5.75. The summed E-state index contributed by atoms with van der Waals surface area (Å²) in [5.41, 5.74) is 4.65. The summed E-state index contributed by atoms with van der Waals surface area (Å²) in [6, 6.07) is 10.1. The van der Waals surface area contributed by atoms with Gasteiger partial charge in [-0.25, -0.2) is 9.97 Å². The predicted octanol–water partition coefficient (Wildman–Crippen LogP) is 3.61. The Morgan fingerprint density at radius 2 is 1.96 bits per heavy atom. The lowest BCUT2D eigenvalue weighted by Gasteiger charge is -2.14. The minimum atomic E-state index is 0.690. The van der Waals surface area contributed by atoms with Crippen molar-refractivity contribution in [2.75, 3.05) is 31.4 Å². The van der Waals surface area contributed by atoms with Crippen molar-refractivity contribution in [3.05, 3.63) is 61.3 Å². The molecular weight excluding hydrogens is 340 g/mol. The van der Waals surface area contributed by atoms with Gasteiger partial charge in [-0.3, -0.25) is 9.38 Å². The van der Waals surface area contributed by atoms with Crippen LogP contribution in [0.5, 0.6) is 5.75 Å². The number of fused-ring (bicyclic) bond motifs is 1. The second kappa shape index (κ2) is 6.95. The van der Waals surface area contributed by atoms with Gasteiger partial charge in [0.15, 0.2) is 11.5 Å². The quantitative estimate of drug-likeness (QED) is 0.586. The topological polar surface area (TPSA) is 67.6 Å². The monoisotopic (exact) mass is 360 g/mol. The SMILES string of the molecule is COc1cncc(-c2cnc3c(Nc4cccc(N(C)C)c4)nccn23)c1. The van der Waals surface area contributed by atoms with Gasteiger partial charge in [0.2, 0.25) is 0 Å². The standard InChI is InChI=1S/C20H20N6O/c1-25(2)16-6-4-5-15(10-16)24-19-20-23-13-18(26(20)8-7-22-19)14-9-17(27-3)12-21-11-14/h4-13H,1-3H3,(H,22,24). The third kappa shape index (κ3) is 3.27. The molecule has 4 aromatic rings. The van der Waals surface area contributed by atoms with E-state index in [1.807, 2.05) is 49.1 Å². The minimum absolute atomic E-state index is 0.690. The largest absolute Gasteiger partial charge is 0.495 e. The lowest BCUT2D eigenvalue weighted by Crippen LogP contribution is -2.08. The smallest absolute Gasteiger partial charge is 0.180 e. The normalized spacial score (nSPS) is 10.8. The Labute approximate surface area is 157 Å². The van der Waals surface area contributed by atoms with Crippen LogP contribution in [0.1, 0.15) is 0 Å². The molecule has 0 saturated carbocycles. The summed E-state index contributed by atoms with van der Waals surface area (Å²) in [5.74, 6) is 1.39. The van der Waals surface area contributed by atoms with Crippen molar-refractivity contribution >= 4 is 22.8 Å². The van der Waals surface area contributed by atoms with Crippen LogP contribution in [0.3, 0.4) is 0 Å². The van der Waals surface area contributed by atoms with Crippen molar-refractivity contribution in [1.29, 1.82) is 0 Å². The van der Waals surface area contributed by atoms with Crippen LogP contribution in [-0.2, 0) is 0 Å². The van der Waals surface area contributed by atoms with Gasteiger partial charge in [0.1, 0.15) is 5.75 Å². The van der Waals surface area contributed by atoms with Gasteiger partial charge < -0.3 is 15.0 Å². The first kappa shape index (κ1) is 16.8. The highest BCUT2D eigenvalue weighted by Gasteiger charge is 2.12. The minimum Gasteiger partial charge on any atom is -0.495 e. The number of pyridine rings is 1. The van der Waals surface area contributed by atoms with Crippen LogP contribution in [0.25, 0.3) is 16.9 Å². The fraction of sp³-hybridized carbons (Fsp3) is 0.150. The predicted molar refractivity (Wildman–Crippen MR) is 107 cm³/mol. The number of anilines is 3. The Morgan fingerprint density at radius 3 is 2.78 bits per heavy atom. The number of rotatable bonds is 5. The Morgan fingerprint density at radius 1 is 1.07 bits per heavy atom. The lowest BCUT2D eigenvalue weighted by atomic mass is 10.2. The fourth-order valence-corrected chi connectivity index (χ4v) is 2.89. The Kier molecular flexibility index (Phi) is 4.33. The zero-order chi connectivity index (χ0) is 18.8. The molecule has 1 aromatic carbocycles. The zero-order valence-corrected chi connectivity index (χ0v) is 15.4. The number of imidazole rings is 1. The number of hydrogen-bond acceptors (Lipinski definition) is 6. The van der Waals surface area contributed by atoms with Crippen molar-refractivity contribution in [2.45, 2.75) is 0 Å². The van der Waals surface area contributed by atoms with E-state index in [0.717, 1.165) is 28.3 Å². The van der Waals surface area contributed by atoms with Crippen molar-refractivity contribution in [3.63, 3.8) is 0 Å². The summed E-state index contributed by atoms with van der Waals surface area (Å²) in [6.07, 6.45) is 8.93. The summed E-state index contributed by atoms with van der Waals surface area (Å²) in [5, 5.41) is 3.37. The Bertz CT molecular complexity index is 1090. The molecule has 0 unspecified atom stereocenters. The van der Waals surface area contributed by atoms with Crippen LogP contribution >= 0.6 is 0 Å². The van der Waals surface area contributed by atoms with Crippen molar-refractivity contribution in [1.82, 2.24) is 19.4 Å². The molecule has 0 radical (unpaired) electrons. The van der Waals surface area contributed by atoms with Gasteiger partial charge in [-0.05, 0) is 24.3 Å². The Hall–Kier alpha value is -3.61. The van der Waals surface area contributed by atoms with Crippen LogP contribution in [0.2, 0.25) is 0 Å². The zero-order valence-electron chi connectivity index (χ0n) is 15.4. The number of ether oxygens (including phenoxy) is 1. The summed E-state index contributed by atoms with van der Waals surface area (Å²) in [6.45, 7) is 0. The molecule has 0 spiro atoms. The van der Waals surface area contributed by atoms with Crippen LogP contribution in [0.15, 0.2) is 61.3 Å². The molecule has 0 bridgehead atoms. The van der Waals surface area contributed by atoms with Gasteiger partial charge in [0, 0.05) is 49.6 Å². The van der Waals surface area contributed by atoms with Gasteiger partial charge in [-0.2, -0.15) is 0 Å². The lowest BCUT2D eigenvalue weighted by molar-refractivity contribution is 0.413. The molecule has 0 atom stereocenters. The first-order valence-corrected chi connectivity index (χ1v) is 8.51. The molecular formula is C20H20N6O. The number of methoxy groups -OCH3 is 1. The first-order valence-electron chi connectivity index (χ1n) is 8.51. The molecule has 0 fully saturated rings. The molecule has 4 rings (SSSR count). The van der Waals surface area contributed by atoms with Crippen LogP contribution in [-0.4, -0.2) is 40.6 Å². The van der Waals surface area contributed by atoms with Crippen LogP contribution in [0, 0.1) is 0 Å². The number of nitrogens with zero attached hydrogens (tertiary/aromatic N) is 5. The molecule has 0 saturated heterocycles. The Balaban J connectivity index is 1.73. The number of hydrogen-bond donors (Lipinski definition) is 1. The molecule has 0 aliphatic carbocycles. The molecule has 27 heavy (non-hydrogen) atoms. The van der Waals surface area contributed by atoms with Crippen LogP contribution < -0.4 is 15.0 Å². The second-order valence-electron chi connectivity index (χ2n) is 6.30.